The van der Waals surface area contributed by atoms with Gasteiger partial charge in [-0.05, 0) is 0 Å². The fourth-order valence-electron chi connectivity index (χ4n) is 2.21. The summed E-state index contributed by atoms with van der Waals surface area (Å²) in [4.78, 5) is 47.2. The van der Waals surface area contributed by atoms with E-state index in [2.05, 4.69) is 4.98 Å². The fraction of sp³-hybridized carbons (Fsp3) is 0.538. The number of esters is 2. The Kier molecular flexibility index (Phi) is 5.22. The van der Waals surface area contributed by atoms with Crippen LogP contribution < -0.4 is 11.2 Å². The van der Waals surface area contributed by atoms with E-state index in [1.165, 1.54) is 20.0 Å². The highest BCUT2D eigenvalue weighted by Crippen LogP contribution is 2.34. The summed E-state index contributed by atoms with van der Waals surface area (Å²) in [5.41, 5.74) is -1.29. The molecular weight excluding hydrogens is 332 g/mol. The van der Waals surface area contributed by atoms with Gasteiger partial charge in [-0.25, -0.2) is 4.79 Å². The van der Waals surface area contributed by atoms with E-state index in [1.807, 2.05) is 0 Å². The summed E-state index contributed by atoms with van der Waals surface area (Å²) < 4.78 is 16.6. The Labute approximate surface area is 135 Å². The van der Waals surface area contributed by atoms with Crippen molar-refractivity contribution in [2.45, 2.75) is 37.7 Å². The molecule has 0 unspecified atom stereocenters. The molecule has 1 saturated heterocycles. The van der Waals surface area contributed by atoms with Gasteiger partial charge in [-0.1, -0.05) is 0 Å². The highest BCUT2D eigenvalue weighted by Gasteiger charge is 2.47. The molecule has 1 aromatic rings. The zero-order valence-electron chi connectivity index (χ0n) is 12.4. The van der Waals surface area contributed by atoms with Crippen LogP contribution in [0, 0.1) is 0 Å². The Hall–Kier alpha value is -2.13. The van der Waals surface area contributed by atoms with Crippen molar-refractivity contribution in [3.63, 3.8) is 0 Å². The van der Waals surface area contributed by atoms with Gasteiger partial charge in [-0.3, -0.25) is 23.9 Å². The van der Waals surface area contributed by atoms with Gasteiger partial charge in [0.05, 0.1) is 0 Å². The summed E-state index contributed by atoms with van der Waals surface area (Å²) >= 11 is 6.25. The van der Waals surface area contributed by atoms with Crippen molar-refractivity contribution in [2.24, 2.45) is 0 Å². The number of H-pyrrole nitrogens is 1. The molecule has 1 aliphatic rings. The van der Waals surface area contributed by atoms with Gasteiger partial charge in [0.15, 0.2) is 12.3 Å². The zero-order chi connectivity index (χ0) is 17.1. The van der Waals surface area contributed by atoms with Crippen molar-refractivity contribution in [2.75, 3.05) is 6.61 Å². The average molecular weight is 347 g/mol. The van der Waals surface area contributed by atoms with Gasteiger partial charge in [0.25, 0.3) is 5.56 Å². The molecule has 1 aromatic heterocycles. The van der Waals surface area contributed by atoms with Crippen LogP contribution in [0.1, 0.15) is 20.1 Å². The zero-order valence-corrected chi connectivity index (χ0v) is 13.1. The Morgan fingerprint density at radius 2 is 2.04 bits per heavy atom. The minimum Gasteiger partial charge on any atom is -0.463 e. The molecule has 0 saturated carbocycles. The maximum atomic E-state index is 11.8. The monoisotopic (exact) mass is 346 g/mol. The standard InChI is InChI=1S/C13H15ClN2O7/c1-6(17)21-5-8-11(22-7(2)18)10(14)12(23-8)16-4-3-9(19)15-13(16)20/h3-4,8,10-12H,5H2,1-2H3,(H,15,19,20)/t8-,10-,11-,12-/m1/s1. The molecule has 1 N–H and O–H groups in total. The second-order valence-corrected chi connectivity index (χ2v) is 5.41. The van der Waals surface area contributed by atoms with Crippen LogP contribution in [0.15, 0.2) is 21.9 Å². The summed E-state index contributed by atoms with van der Waals surface area (Å²) in [6, 6.07) is 1.13. The van der Waals surface area contributed by atoms with Crippen LogP contribution in [0.4, 0.5) is 0 Å². The van der Waals surface area contributed by atoms with Crippen LogP contribution in [0.5, 0.6) is 0 Å². The van der Waals surface area contributed by atoms with Crippen molar-refractivity contribution < 1.29 is 23.8 Å². The number of carbonyl (C=O) groups is 2. The molecule has 10 heteroatoms. The number of rotatable bonds is 4. The van der Waals surface area contributed by atoms with E-state index >= 15 is 0 Å². The van der Waals surface area contributed by atoms with Crippen molar-refractivity contribution in [1.82, 2.24) is 9.55 Å². The lowest BCUT2D eigenvalue weighted by molar-refractivity contribution is -0.155. The minimum absolute atomic E-state index is 0.189. The molecule has 1 aliphatic heterocycles. The van der Waals surface area contributed by atoms with Crippen LogP contribution in [0.2, 0.25) is 0 Å². The number of carbonyl (C=O) groups excluding carboxylic acids is 2. The molecule has 1 fully saturated rings. The van der Waals surface area contributed by atoms with Crippen molar-refractivity contribution in [3.05, 3.63) is 33.1 Å². The number of nitrogens with one attached hydrogen (secondary N) is 1. The van der Waals surface area contributed by atoms with Crippen molar-refractivity contribution >= 4 is 23.5 Å². The summed E-state index contributed by atoms with van der Waals surface area (Å²) in [5, 5.41) is -0.914. The van der Waals surface area contributed by atoms with Crippen molar-refractivity contribution in [1.29, 1.82) is 0 Å². The summed E-state index contributed by atoms with van der Waals surface area (Å²) in [7, 11) is 0. The van der Waals surface area contributed by atoms with E-state index in [-0.39, 0.29) is 6.61 Å². The normalized spacial score (nSPS) is 26.7. The third kappa shape index (κ3) is 3.99. The molecule has 23 heavy (non-hydrogen) atoms. The Morgan fingerprint density at radius 3 is 2.61 bits per heavy atom. The topological polar surface area (TPSA) is 117 Å². The average Bonchev–Trinajstić information content (AvgIpc) is 2.73. The van der Waals surface area contributed by atoms with Gasteiger partial charge in [0.1, 0.15) is 18.1 Å². The van der Waals surface area contributed by atoms with Crippen LogP contribution in [0.3, 0.4) is 0 Å². The minimum atomic E-state index is -0.995. The van der Waals surface area contributed by atoms with E-state index in [1.54, 1.807) is 0 Å². The van der Waals surface area contributed by atoms with Gasteiger partial charge in [-0.15, -0.1) is 11.6 Å². The first-order valence-electron chi connectivity index (χ1n) is 6.71. The van der Waals surface area contributed by atoms with Crippen molar-refractivity contribution in [3.8, 4) is 0 Å². The molecule has 0 aliphatic carbocycles. The van der Waals surface area contributed by atoms with E-state index in [9.17, 15) is 19.2 Å². The molecule has 4 atom stereocenters. The van der Waals surface area contributed by atoms with Gasteiger partial charge < -0.3 is 14.2 Å². The Morgan fingerprint density at radius 1 is 1.35 bits per heavy atom. The second kappa shape index (κ2) is 6.97. The molecule has 0 radical (unpaired) electrons. The third-order valence-electron chi connectivity index (χ3n) is 3.15. The largest absolute Gasteiger partial charge is 0.463 e. The van der Waals surface area contributed by atoms with Gasteiger partial charge in [-0.2, -0.15) is 0 Å². The lowest BCUT2D eigenvalue weighted by Gasteiger charge is -2.19. The number of hydrogen-bond donors (Lipinski definition) is 1. The molecule has 0 amide bonds. The van der Waals surface area contributed by atoms with E-state index in [0.717, 1.165) is 10.6 Å². The Bertz CT molecular complexity index is 713. The second-order valence-electron chi connectivity index (χ2n) is 4.90. The fourth-order valence-corrected chi connectivity index (χ4v) is 2.61. The molecule has 2 heterocycles. The molecule has 0 bridgehead atoms. The molecule has 2 rings (SSSR count). The van der Waals surface area contributed by atoms with Gasteiger partial charge >= 0.3 is 17.6 Å². The molecule has 9 nitrogen and oxygen atoms in total. The van der Waals surface area contributed by atoms with Crippen LogP contribution in [0.25, 0.3) is 0 Å². The lowest BCUT2D eigenvalue weighted by atomic mass is 10.1. The van der Waals surface area contributed by atoms with Gasteiger partial charge in [0, 0.05) is 26.1 Å². The third-order valence-corrected chi connectivity index (χ3v) is 3.61. The number of nitrogens with zero attached hydrogens (tertiary/aromatic N) is 1. The van der Waals surface area contributed by atoms with Crippen LogP contribution in [-0.2, 0) is 23.8 Å². The van der Waals surface area contributed by atoms with Gasteiger partial charge in [0.2, 0.25) is 0 Å². The first-order chi connectivity index (χ1) is 10.8. The number of aromatic amines is 1. The smallest absolute Gasteiger partial charge is 0.330 e. The maximum Gasteiger partial charge on any atom is 0.330 e. The molecular formula is C13H15ClN2O7. The highest BCUT2D eigenvalue weighted by molar-refractivity contribution is 6.21. The van der Waals surface area contributed by atoms with E-state index < -0.39 is 47.0 Å². The van der Waals surface area contributed by atoms with E-state index in [0.29, 0.717) is 0 Å². The SMILES string of the molecule is CC(=O)OC[C@H]1O[C@@H](n2ccc(=O)[nH]c2=O)[C@H](Cl)[C@@H]1OC(C)=O. The number of alkyl halides is 1. The number of aromatic nitrogens is 2. The molecule has 0 aromatic carbocycles. The summed E-state index contributed by atoms with van der Waals surface area (Å²) in [6.45, 7) is 2.23. The first-order valence-corrected chi connectivity index (χ1v) is 7.15. The molecule has 126 valence electrons. The predicted octanol–water partition coefficient (Wildman–Crippen LogP) is -0.464. The predicted molar refractivity (Wildman–Crippen MR) is 77.1 cm³/mol. The Balaban J connectivity index is 2.27. The quantitative estimate of drug-likeness (QED) is 0.579. The number of hydrogen-bond acceptors (Lipinski definition) is 7. The number of ether oxygens (including phenoxy) is 3. The summed E-state index contributed by atoms with van der Waals surface area (Å²) in [5.74, 6) is -1.13. The lowest BCUT2D eigenvalue weighted by Crippen LogP contribution is -2.37. The highest BCUT2D eigenvalue weighted by atomic mass is 35.5. The van der Waals surface area contributed by atoms with E-state index in [4.69, 9.17) is 25.8 Å². The number of halogens is 1. The van der Waals surface area contributed by atoms with Crippen LogP contribution >= 0.6 is 11.6 Å². The molecule has 0 spiro atoms. The first kappa shape index (κ1) is 17.2. The van der Waals surface area contributed by atoms with Crippen LogP contribution in [-0.4, -0.2) is 45.7 Å². The summed E-state index contributed by atoms with van der Waals surface area (Å²) in [6.07, 6.45) is -1.53. The maximum absolute atomic E-state index is 11.8.